The number of carbonyl (C=O) groups excluding carboxylic acids is 1. The lowest BCUT2D eigenvalue weighted by molar-refractivity contribution is 0.0939. The van der Waals surface area contributed by atoms with Gasteiger partial charge in [0.05, 0.1) is 13.2 Å². The summed E-state index contributed by atoms with van der Waals surface area (Å²) < 4.78 is 16.2. The molecule has 5 nitrogen and oxygen atoms in total. The van der Waals surface area contributed by atoms with Crippen LogP contribution in [0, 0.1) is 0 Å². The molecule has 6 heteroatoms. The van der Waals surface area contributed by atoms with Crippen LogP contribution in [0.2, 0.25) is 5.02 Å². The molecule has 0 fully saturated rings. The number of methoxy groups -OCH3 is 1. The third kappa shape index (κ3) is 3.41. The molecule has 0 saturated carbocycles. The molecule has 1 N–H and O–H groups in total. The first kappa shape index (κ1) is 16.5. The number of rotatable bonds is 4. The van der Waals surface area contributed by atoms with E-state index in [1.165, 1.54) is 0 Å². The molecule has 0 radical (unpaired) electrons. The van der Waals surface area contributed by atoms with Crippen LogP contribution < -0.4 is 19.5 Å². The minimum atomic E-state index is -0.285. The maximum Gasteiger partial charge on any atom is 0.251 e. The quantitative estimate of drug-likeness (QED) is 0.918. The van der Waals surface area contributed by atoms with E-state index >= 15 is 0 Å². The summed E-state index contributed by atoms with van der Waals surface area (Å²) in [6.07, 6.45) is 0. The first-order valence-corrected chi connectivity index (χ1v) is 8.00. The fourth-order valence-corrected chi connectivity index (χ4v) is 2.85. The van der Waals surface area contributed by atoms with E-state index in [4.69, 9.17) is 25.8 Å². The summed E-state index contributed by atoms with van der Waals surface area (Å²) in [7, 11) is 1.56. The van der Waals surface area contributed by atoms with E-state index in [-0.39, 0.29) is 11.9 Å². The number of hydrogen-bond acceptors (Lipinski definition) is 4. The van der Waals surface area contributed by atoms with Gasteiger partial charge in [-0.25, -0.2) is 0 Å². The van der Waals surface area contributed by atoms with E-state index in [2.05, 4.69) is 5.32 Å². The molecule has 0 unspecified atom stereocenters. The fraction of sp³-hybridized carbons (Fsp3) is 0.278. The van der Waals surface area contributed by atoms with Crippen molar-refractivity contribution in [1.82, 2.24) is 5.32 Å². The monoisotopic (exact) mass is 347 g/mol. The van der Waals surface area contributed by atoms with E-state index in [0.29, 0.717) is 41.0 Å². The molecular weight excluding hydrogens is 330 g/mol. The summed E-state index contributed by atoms with van der Waals surface area (Å²) >= 11 is 6.33. The third-order valence-corrected chi connectivity index (χ3v) is 4.13. The predicted octanol–water partition coefficient (Wildman–Crippen LogP) is 3.61. The van der Waals surface area contributed by atoms with Crippen LogP contribution >= 0.6 is 11.6 Å². The van der Waals surface area contributed by atoms with Gasteiger partial charge in [0.15, 0.2) is 11.5 Å². The SMILES string of the molecule is COc1cccc(C(=O)N[C@H](C)c2cc3c(cc2Cl)OCCO3)c1. The maximum atomic E-state index is 12.4. The number of benzene rings is 2. The van der Waals surface area contributed by atoms with Crippen molar-refractivity contribution in [1.29, 1.82) is 0 Å². The molecule has 2 aromatic carbocycles. The first-order valence-electron chi connectivity index (χ1n) is 7.62. The van der Waals surface area contributed by atoms with Gasteiger partial charge in [0.25, 0.3) is 5.91 Å². The highest BCUT2D eigenvalue weighted by atomic mass is 35.5. The van der Waals surface area contributed by atoms with Crippen LogP contribution in [-0.4, -0.2) is 26.2 Å². The minimum absolute atomic E-state index is 0.202. The Morgan fingerprint density at radius 3 is 2.62 bits per heavy atom. The van der Waals surface area contributed by atoms with Gasteiger partial charge in [0.2, 0.25) is 0 Å². The van der Waals surface area contributed by atoms with Gasteiger partial charge in [0, 0.05) is 16.7 Å². The third-order valence-electron chi connectivity index (χ3n) is 3.81. The van der Waals surface area contributed by atoms with Gasteiger partial charge >= 0.3 is 0 Å². The second-order valence-electron chi connectivity index (χ2n) is 5.44. The number of halogens is 1. The maximum absolute atomic E-state index is 12.4. The highest BCUT2D eigenvalue weighted by molar-refractivity contribution is 6.31. The number of fused-ring (bicyclic) bond motifs is 1. The minimum Gasteiger partial charge on any atom is -0.497 e. The topological polar surface area (TPSA) is 56.8 Å². The zero-order valence-corrected chi connectivity index (χ0v) is 14.2. The zero-order valence-electron chi connectivity index (χ0n) is 13.5. The Balaban J connectivity index is 1.79. The van der Waals surface area contributed by atoms with Gasteiger partial charge in [-0.05, 0) is 36.8 Å². The van der Waals surface area contributed by atoms with Crippen molar-refractivity contribution in [2.75, 3.05) is 20.3 Å². The molecule has 24 heavy (non-hydrogen) atoms. The Bertz CT molecular complexity index is 763. The molecule has 0 saturated heterocycles. The van der Waals surface area contributed by atoms with E-state index in [0.717, 1.165) is 5.56 Å². The summed E-state index contributed by atoms with van der Waals surface area (Å²) in [6.45, 7) is 2.87. The Morgan fingerprint density at radius 2 is 1.92 bits per heavy atom. The van der Waals surface area contributed by atoms with E-state index < -0.39 is 0 Å². The number of nitrogens with one attached hydrogen (secondary N) is 1. The lowest BCUT2D eigenvalue weighted by Crippen LogP contribution is -2.27. The summed E-state index contributed by atoms with van der Waals surface area (Å²) in [6, 6.07) is 10.2. The number of amides is 1. The van der Waals surface area contributed by atoms with Gasteiger partial charge in [0.1, 0.15) is 19.0 Å². The first-order chi connectivity index (χ1) is 11.6. The molecule has 1 heterocycles. The molecule has 1 aliphatic rings. The van der Waals surface area contributed by atoms with E-state index in [1.54, 1.807) is 37.4 Å². The molecule has 2 aromatic rings. The largest absolute Gasteiger partial charge is 0.497 e. The number of carbonyl (C=O) groups is 1. The van der Waals surface area contributed by atoms with Crippen molar-refractivity contribution in [3.05, 3.63) is 52.5 Å². The highest BCUT2D eigenvalue weighted by Gasteiger charge is 2.20. The van der Waals surface area contributed by atoms with Crippen molar-refractivity contribution in [2.24, 2.45) is 0 Å². The van der Waals surface area contributed by atoms with Gasteiger partial charge in [-0.15, -0.1) is 0 Å². The molecule has 0 spiro atoms. The molecule has 0 bridgehead atoms. The van der Waals surface area contributed by atoms with Crippen molar-refractivity contribution in [3.8, 4) is 17.2 Å². The molecular formula is C18H18ClNO4. The molecule has 126 valence electrons. The summed E-state index contributed by atoms with van der Waals surface area (Å²) in [5, 5.41) is 3.46. The zero-order chi connectivity index (χ0) is 17.1. The normalized spacial score (nSPS) is 14.0. The average molecular weight is 348 g/mol. The Hall–Kier alpha value is -2.40. The Kier molecular flexibility index (Phi) is 4.81. The van der Waals surface area contributed by atoms with Gasteiger partial charge in [-0.3, -0.25) is 4.79 Å². The van der Waals surface area contributed by atoms with Crippen molar-refractivity contribution in [2.45, 2.75) is 13.0 Å². The number of ether oxygens (including phenoxy) is 3. The average Bonchev–Trinajstić information content (AvgIpc) is 2.61. The van der Waals surface area contributed by atoms with Crippen LogP contribution in [0.25, 0.3) is 0 Å². The molecule has 0 aliphatic carbocycles. The molecule has 1 atom stereocenters. The fourth-order valence-electron chi connectivity index (χ4n) is 2.53. The second kappa shape index (κ2) is 7.01. The lowest BCUT2D eigenvalue weighted by atomic mass is 10.1. The van der Waals surface area contributed by atoms with Crippen molar-refractivity contribution >= 4 is 17.5 Å². The lowest BCUT2D eigenvalue weighted by Gasteiger charge is -2.22. The van der Waals surface area contributed by atoms with Crippen molar-refractivity contribution < 1.29 is 19.0 Å². The Morgan fingerprint density at radius 1 is 1.21 bits per heavy atom. The van der Waals surface area contributed by atoms with Gasteiger partial charge < -0.3 is 19.5 Å². The van der Waals surface area contributed by atoms with E-state index in [9.17, 15) is 4.79 Å². The molecule has 1 aliphatic heterocycles. The molecule has 1 amide bonds. The summed E-state index contributed by atoms with van der Waals surface area (Å²) in [5.74, 6) is 1.70. The van der Waals surface area contributed by atoms with Crippen LogP contribution in [0.15, 0.2) is 36.4 Å². The summed E-state index contributed by atoms with van der Waals surface area (Å²) in [5.41, 5.74) is 1.30. The van der Waals surface area contributed by atoms with Crippen LogP contribution in [-0.2, 0) is 0 Å². The number of hydrogen-bond donors (Lipinski definition) is 1. The molecule has 3 rings (SSSR count). The van der Waals surface area contributed by atoms with Crippen LogP contribution in [0.3, 0.4) is 0 Å². The molecule has 0 aromatic heterocycles. The van der Waals surface area contributed by atoms with Gasteiger partial charge in [-0.1, -0.05) is 17.7 Å². The van der Waals surface area contributed by atoms with E-state index in [1.807, 2.05) is 13.0 Å². The van der Waals surface area contributed by atoms with Crippen LogP contribution in [0.4, 0.5) is 0 Å². The van der Waals surface area contributed by atoms with Crippen LogP contribution in [0.1, 0.15) is 28.9 Å². The predicted molar refractivity (Wildman–Crippen MR) is 91.3 cm³/mol. The van der Waals surface area contributed by atoms with Crippen LogP contribution in [0.5, 0.6) is 17.2 Å². The second-order valence-corrected chi connectivity index (χ2v) is 5.85. The smallest absolute Gasteiger partial charge is 0.251 e. The Labute approximate surface area is 145 Å². The van der Waals surface area contributed by atoms with Crippen molar-refractivity contribution in [3.63, 3.8) is 0 Å². The van der Waals surface area contributed by atoms with Gasteiger partial charge in [-0.2, -0.15) is 0 Å². The standard InChI is InChI=1S/C18H18ClNO4/c1-11(20-18(21)12-4-3-5-13(8-12)22-2)14-9-16-17(10-15(14)19)24-7-6-23-16/h3-5,8-11H,6-7H2,1-2H3,(H,20,21)/t11-/m1/s1. The highest BCUT2D eigenvalue weighted by Crippen LogP contribution is 2.37. The summed E-state index contributed by atoms with van der Waals surface area (Å²) in [4.78, 5) is 12.4.